The van der Waals surface area contributed by atoms with Crippen LogP contribution < -0.4 is 4.74 Å². The normalized spacial score (nSPS) is 15.1. The van der Waals surface area contributed by atoms with E-state index in [2.05, 4.69) is 20.0 Å². The highest BCUT2D eigenvalue weighted by Crippen LogP contribution is 2.20. The fourth-order valence-corrected chi connectivity index (χ4v) is 3.79. The van der Waals surface area contributed by atoms with Crippen LogP contribution in [0.3, 0.4) is 0 Å². The fraction of sp³-hybridized carbons (Fsp3) is 0.333. The molecule has 3 aromatic rings. The Morgan fingerprint density at radius 1 is 1.20 bits per heavy atom. The number of rotatable bonds is 6. The average molecular weight is 426 g/mol. The molecule has 0 saturated carbocycles. The van der Waals surface area contributed by atoms with Gasteiger partial charge in [0.2, 0.25) is 17.6 Å². The highest BCUT2D eigenvalue weighted by atomic mass is 32.1. The molecule has 1 fully saturated rings. The summed E-state index contributed by atoms with van der Waals surface area (Å²) in [6.07, 6.45) is 3.38. The number of benzene rings is 1. The molecule has 0 bridgehead atoms. The Hall–Kier alpha value is -3.04. The maximum Gasteiger partial charge on any atom is 0.246 e. The quantitative estimate of drug-likeness (QED) is 0.562. The Balaban J connectivity index is 1.28. The lowest BCUT2D eigenvalue weighted by atomic mass is 10.2. The summed E-state index contributed by atoms with van der Waals surface area (Å²) in [6.45, 7) is 5.37. The Kier molecular flexibility index (Phi) is 6.20. The Labute approximate surface area is 178 Å². The number of carbonyl (C=O) groups is 1. The van der Waals surface area contributed by atoms with Crippen molar-refractivity contribution < 1.29 is 14.1 Å². The van der Waals surface area contributed by atoms with Gasteiger partial charge in [-0.1, -0.05) is 5.16 Å². The number of carbonyl (C=O) groups excluding carboxylic acids is 1. The summed E-state index contributed by atoms with van der Waals surface area (Å²) in [6, 6.07) is 7.54. The van der Waals surface area contributed by atoms with Crippen LogP contribution >= 0.6 is 11.3 Å². The van der Waals surface area contributed by atoms with E-state index in [1.54, 1.807) is 30.6 Å². The van der Waals surface area contributed by atoms with Gasteiger partial charge in [-0.15, -0.1) is 11.3 Å². The molecule has 156 valence electrons. The van der Waals surface area contributed by atoms with Crippen molar-refractivity contribution >= 4 is 23.3 Å². The van der Waals surface area contributed by atoms with Crippen LogP contribution in [-0.2, 0) is 11.3 Å². The van der Waals surface area contributed by atoms with Gasteiger partial charge in [-0.25, -0.2) is 4.98 Å². The zero-order chi connectivity index (χ0) is 20.9. The predicted molar refractivity (Wildman–Crippen MR) is 114 cm³/mol. The fourth-order valence-electron chi connectivity index (χ4n) is 3.21. The van der Waals surface area contributed by atoms with E-state index in [0.29, 0.717) is 31.3 Å². The van der Waals surface area contributed by atoms with Gasteiger partial charge in [-0.05, 0) is 37.3 Å². The van der Waals surface area contributed by atoms with Crippen LogP contribution in [0.1, 0.15) is 16.6 Å². The maximum atomic E-state index is 12.4. The van der Waals surface area contributed by atoms with E-state index in [9.17, 15) is 4.79 Å². The molecule has 0 unspecified atom stereocenters. The maximum absolute atomic E-state index is 12.4. The first-order chi connectivity index (χ1) is 14.6. The molecule has 0 aliphatic carbocycles. The molecule has 3 heterocycles. The van der Waals surface area contributed by atoms with E-state index in [-0.39, 0.29) is 5.91 Å². The molecule has 1 saturated heterocycles. The van der Waals surface area contributed by atoms with Crippen molar-refractivity contribution in [3.05, 3.63) is 52.3 Å². The predicted octanol–water partition coefficient (Wildman–Crippen LogP) is 2.87. The van der Waals surface area contributed by atoms with E-state index in [1.165, 1.54) is 0 Å². The number of aromatic nitrogens is 3. The average Bonchev–Trinajstić information content (AvgIpc) is 3.41. The molecule has 1 aliphatic rings. The van der Waals surface area contributed by atoms with Gasteiger partial charge in [0.05, 0.1) is 24.4 Å². The summed E-state index contributed by atoms with van der Waals surface area (Å²) in [5.74, 6) is 1.93. The number of aryl methyl sites for hydroxylation is 1. The lowest BCUT2D eigenvalue weighted by molar-refractivity contribution is -0.127. The smallest absolute Gasteiger partial charge is 0.246 e. The topological polar surface area (TPSA) is 84.6 Å². The Bertz CT molecular complexity index is 1020. The number of piperazine rings is 1. The van der Waals surface area contributed by atoms with E-state index in [0.717, 1.165) is 35.1 Å². The lowest BCUT2D eigenvalue weighted by Crippen LogP contribution is -2.47. The van der Waals surface area contributed by atoms with Crippen LogP contribution in [-0.4, -0.2) is 64.1 Å². The van der Waals surface area contributed by atoms with Crippen molar-refractivity contribution in [2.24, 2.45) is 0 Å². The molecular formula is C21H23N5O3S. The van der Waals surface area contributed by atoms with E-state index in [4.69, 9.17) is 9.26 Å². The second kappa shape index (κ2) is 9.19. The summed E-state index contributed by atoms with van der Waals surface area (Å²) in [5.41, 5.74) is 1.71. The minimum atomic E-state index is 0.0138. The van der Waals surface area contributed by atoms with Gasteiger partial charge in [0.1, 0.15) is 5.75 Å². The molecule has 2 aromatic heterocycles. The van der Waals surface area contributed by atoms with E-state index in [1.807, 2.05) is 41.5 Å². The molecular weight excluding hydrogens is 402 g/mol. The monoisotopic (exact) mass is 425 g/mol. The van der Waals surface area contributed by atoms with Crippen molar-refractivity contribution in [2.75, 3.05) is 33.3 Å². The molecule has 1 aliphatic heterocycles. The largest absolute Gasteiger partial charge is 0.497 e. The molecule has 1 amide bonds. The van der Waals surface area contributed by atoms with E-state index < -0.39 is 0 Å². The van der Waals surface area contributed by atoms with Crippen LogP contribution in [0.25, 0.3) is 17.5 Å². The molecule has 0 spiro atoms. The van der Waals surface area contributed by atoms with Gasteiger partial charge >= 0.3 is 0 Å². The first kappa shape index (κ1) is 20.2. The van der Waals surface area contributed by atoms with Crippen molar-refractivity contribution in [2.45, 2.75) is 13.5 Å². The molecule has 30 heavy (non-hydrogen) atoms. The second-order valence-electron chi connectivity index (χ2n) is 6.97. The number of ether oxygens (including phenoxy) is 1. The first-order valence-corrected chi connectivity index (χ1v) is 10.6. The van der Waals surface area contributed by atoms with Gasteiger partial charge in [0, 0.05) is 43.2 Å². The molecule has 8 nitrogen and oxygen atoms in total. The molecule has 0 N–H and O–H groups in total. The van der Waals surface area contributed by atoms with Crippen LogP contribution in [0.15, 0.2) is 40.2 Å². The number of hydrogen-bond donors (Lipinski definition) is 0. The number of hydrogen-bond acceptors (Lipinski definition) is 8. The molecule has 4 rings (SSSR count). The van der Waals surface area contributed by atoms with Gasteiger partial charge < -0.3 is 14.2 Å². The third-order valence-corrected chi connectivity index (χ3v) is 5.68. The van der Waals surface area contributed by atoms with Gasteiger partial charge in [0.15, 0.2) is 0 Å². The van der Waals surface area contributed by atoms with Gasteiger partial charge in [0.25, 0.3) is 0 Å². The van der Waals surface area contributed by atoms with Crippen molar-refractivity contribution in [1.29, 1.82) is 0 Å². The Morgan fingerprint density at radius 2 is 1.97 bits per heavy atom. The zero-order valence-electron chi connectivity index (χ0n) is 16.9. The summed E-state index contributed by atoms with van der Waals surface area (Å²) in [5, 5.41) is 7.01. The zero-order valence-corrected chi connectivity index (χ0v) is 17.8. The Morgan fingerprint density at radius 3 is 2.63 bits per heavy atom. The van der Waals surface area contributed by atoms with Gasteiger partial charge in [-0.3, -0.25) is 9.69 Å². The van der Waals surface area contributed by atoms with Crippen molar-refractivity contribution in [3.8, 4) is 17.1 Å². The van der Waals surface area contributed by atoms with Gasteiger partial charge in [-0.2, -0.15) is 4.98 Å². The summed E-state index contributed by atoms with van der Waals surface area (Å²) in [4.78, 5) is 25.3. The summed E-state index contributed by atoms with van der Waals surface area (Å²) >= 11 is 1.58. The van der Waals surface area contributed by atoms with E-state index >= 15 is 0 Å². The third-order valence-electron chi connectivity index (χ3n) is 4.89. The van der Waals surface area contributed by atoms with Crippen LogP contribution in [0.5, 0.6) is 5.75 Å². The SMILES string of the molecule is COc1ccc(-c2noc(CN3CCN(C(=O)/C=C/c4csc(C)n4)CC3)n2)cc1. The van der Waals surface area contributed by atoms with Crippen LogP contribution in [0.2, 0.25) is 0 Å². The number of amides is 1. The molecule has 0 radical (unpaired) electrons. The van der Waals surface area contributed by atoms with Crippen molar-refractivity contribution in [1.82, 2.24) is 24.9 Å². The third kappa shape index (κ3) is 4.92. The highest BCUT2D eigenvalue weighted by molar-refractivity contribution is 7.09. The minimum Gasteiger partial charge on any atom is -0.497 e. The lowest BCUT2D eigenvalue weighted by Gasteiger charge is -2.33. The number of methoxy groups -OCH3 is 1. The molecule has 1 aromatic carbocycles. The molecule has 9 heteroatoms. The van der Waals surface area contributed by atoms with Crippen molar-refractivity contribution in [3.63, 3.8) is 0 Å². The van der Waals surface area contributed by atoms with Crippen LogP contribution in [0, 0.1) is 6.92 Å². The minimum absolute atomic E-state index is 0.0138. The van der Waals surface area contributed by atoms with Crippen LogP contribution in [0.4, 0.5) is 0 Å². The number of thiazole rings is 1. The summed E-state index contributed by atoms with van der Waals surface area (Å²) < 4.78 is 10.6. The second-order valence-corrected chi connectivity index (χ2v) is 8.03. The number of nitrogens with zero attached hydrogens (tertiary/aromatic N) is 5. The summed E-state index contributed by atoms with van der Waals surface area (Å²) in [7, 11) is 1.63. The molecule has 0 atom stereocenters. The highest BCUT2D eigenvalue weighted by Gasteiger charge is 2.21. The first-order valence-electron chi connectivity index (χ1n) is 9.69. The standard InChI is InChI=1S/C21H23N5O3S/c1-15-22-17(14-30-15)5-8-20(27)26-11-9-25(10-12-26)13-19-23-21(24-29-19)16-3-6-18(28-2)7-4-16/h3-8,14H,9-13H2,1-2H3/b8-5+.